The summed E-state index contributed by atoms with van der Waals surface area (Å²) >= 11 is 5.88. The first kappa shape index (κ1) is 18.0. The Morgan fingerprint density at radius 1 is 1.12 bits per heavy atom. The highest BCUT2D eigenvalue weighted by molar-refractivity contribution is 6.30. The fourth-order valence-corrected chi connectivity index (χ4v) is 3.46. The van der Waals surface area contributed by atoms with E-state index in [1.165, 1.54) is 11.1 Å². The molecule has 0 saturated carbocycles. The smallest absolute Gasteiger partial charge is 0.224 e. The molecule has 0 atom stereocenters. The Balaban J connectivity index is 1.43. The second kappa shape index (κ2) is 8.50. The predicted octanol–water partition coefficient (Wildman–Crippen LogP) is 3.97. The van der Waals surface area contributed by atoms with Crippen LogP contribution in [0.2, 0.25) is 5.02 Å². The minimum absolute atomic E-state index is 0.0969. The van der Waals surface area contributed by atoms with Crippen molar-refractivity contribution in [3.63, 3.8) is 0 Å². The summed E-state index contributed by atoms with van der Waals surface area (Å²) in [6.07, 6.45) is 2.44. The molecule has 1 aliphatic heterocycles. The number of piperidine rings is 1. The Labute approximate surface area is 155 Å². The number of halogens is 1. The number of nitrogens with one attached hydrogen (secondary N) is 1. The SMILES string of the molecule is Cc1ccccc1CN1CCC(NC(=O)Cc2ccc(Cl)cc2)CC1. The van der Waals surface area contributed by atoms with E-state index < -0.39 is 0 Å². The molecule has 132 valence electrons. The van der Waals surface area contributed by atoms with E-state index in [1.807, 2.05) is 24.3 Å². The van der Waals surface area contributed by atoms with Gasteiger partial charge in [-0.25, -0.2) is 0 Å². The summed E-state index contributed by atoms with van der Waals surface area (Å²) in [5, 5.41) is 3.88. The molecule has 4 heteroatoms. The molecule has 1 heterocycles. The second-order valence-corrected chi connectivity index (χ2v) is 7.28. The molecule has 1 aliphatic rings. The van der Waals surface area contributed by atoms with Gasteiger partial charge in [-0.05, 0) is 48.6 Å². The third kappa shape index (κ3) is 5.32. The molecule has 1 saturated heterocycles. The number of hydrogen-bond donors (Lipinski definition) is 1. The second-order valence-electron chi connectivity index (χ2n) is 6.85. The van der Waals surface area contributed by atoms with Crippen molar-refractivity contribution in [3.05, 3.63) is 70.2 Å². The zero-order valence-corrected chi connectivity index (χ0v) is 15.4. The number of amides is 1. The Morgan fingerprint density at radius 3 is 2.48 bits per heavy atom. The lowest BCUT2D eigenvalue weighted by atomic mass is 10.0. The normalized spacial score (nSPS) is 15.9. The standard InChI is InChI=1S/C21H25ClN2O/c1-16-4-2-3-5-18(16)15-24-12-10-20(11-13-24)23-21(25)14-17-6-8-19(22)9-7-17/h2-9,20H,10-15H2,1H3,(H,23,25). The van der Waals surface area contributed by atoms with Crippen molar-refractivity contribution >= 4 is 17.5 Å². The number of carbonyl (C=O) groups excluding carboxylic acids is 1. The fourth-order valence-electron chi connectivity index (χ4n) is 3.33. The number of likely N-dealkylation sites (tertiary alicyclic amines) is 1. The number of carbonyl (C=O) groups is 1. The fraction of sp³-hybridized carbons (Fsp3) is 0.381. The maximum absolute atomic E-state index is 12.2. The number of rotatable bonds is 5. The van der Waals surface area contributed by atoms with Gasteiger partial charge in [0.15, 0.2) is 0 Å². The molecule has 3 rings (SSSR count). The molecule has 1 fully saturated rings. The summed E-state index contributed by atoms with van der Waals surface area (Å²) in [7, 11) is 0. The molecular weight excluding hydrogens is 332 g/mol. The molecule has 0 bridgehead atoms. The number of hydrogen-bond acceptors (Lipinski definition) is 2. The minimum atomic E-state index is 0.0969. The van der Waals surface area contributed by atoms with Crippen LogP contribution in [0.4, 0.5) is 0 Å². The van der Waals surface area contributed by atoms with Crippen molar-refractivity contribution < 1.29 is 4.79 Å². The molecule has 0 spiro atoms. The first-order chi connectivity index (χ1) is 12.1. The van der Waals surface area contributed by atoms with Crippen LogP contribution in [-0.2, 0) is 17.8 Å². The molecule has 0 radical (unpaired) electrons. The van der Waals surface area contributed by atoms with Gasteiger partial charge in [-0.1, -0.05) is 48.0 Å². The minimum Gasteiger partial charge on any atom is -0.353 e. The van der Waals surface area contributed by atoms with E-state index in [4.69, 9.17) is 11.6 Å². The summed E-state index contributed by atoms with van der Waals surface area (Å²) < 4.78 is 0. The molecule has 25 heavy (non-hydrogen) atoms. The Bertz CT molecular complexity index is 706. The summed E-state index contributed by atoms with van der Waals surface area (Å²) in [6.45, 7) is 5.22. The Morgan fingerprint density at radius 2 is 1.80 bits per heavy atom. The van der Waals surface area contributed by atoms with Crippen LogP contribution >= 0.6 is 11.6 Å². The summed E-state index contributed by atoms with van der Waals surface area (Å²) in [6, 6.07) is 16.3. The lowest BCUT2D eigenvalue weighted by molar-refractivity contribution is -0.121. The molecule has 0 aromatic heterocycles. The molecule has 2 aromatic rings. The maximum atomic E-state index is 12.2. The van der Waals surface area contributed by atoms with Crippen LogP contribution in [0.3, 0.4) is 0 Å². The molecular formula is C21H25ClN2O. The van der Waals surface area contributed by atoms with Crippen LogP contribution in [0.15, 0.2) is 48.5 Å². The van der Waals surface area contributed by atoms with Crippen molar-refractivity contribution in [1.29, 1.82) is 0 Å². The summed E-state index contributed by atoms with van der Waals surface area (Å²) in [4.78, 5) is 14.7. The number of nitrogens with zero attached hydrogens (tertiary/aromatic N) is 1. The molecule has 1 amide bonds. The first-order valence-corrected chi connectivity index (χ1v) is 9.28. The van der Waals surface area contributed by atoms with Crippen molar-refractivity contribution in [2.75, 3.05) is 13.1 Å². The monoisotopic (exact) mass is 356 g/mol. The van der Waals surface area contributed by atoms with E-state index in [-0.39, 0.29) is 11.9 Å². The summed E-state index contributed by atoms with van der Waals surface area (Å²) in [5.74, 6) is 0.0969. The number of benzene rings is 2. The van der Waals surface area contributed by atoms with Gasteiger partial charge in [-0.15, -0.1) is 0 Å². The average molecular weight is 357 g/mol. The van der Waals surface area contributed by atoms with E-state index in [0.717, 1.165) is 38.0 Å². The third-order valence-corrected chi connectivity index (χ3v) is 5.14. The number of aryl methyl sites for hydroxylation is 1. The third-order valence-electron chi connectivity index (χ3n) is 4.89. The van der Waals surface area contributed by atoms with Crippen LogP contribution in [0.5, 0.6) is 0 Å². The van der Waals surface area contributed by atoms with Gasteiger partial charge in [0.2, 0.25) is 5.91 Å². The predicted molar refractivity (Wildman–Crippen MR) is 103 cm³/mol. The van der Waals surface area contributed by atoms with E-state index >= 15 is 0 Å². The van der Waals surface area contributed by atoms with Gasteiger partial charge < -0.3 is 5.32 Å². The van der Waals surface area contributed by atoms with Gasteiger partial charge in [0.1, 0.15) is 0 Å². The van der Waals surface area contributed by atoms with Gasteiger partial charge in [0, 0.05) is 30.7 Å². The van der Waals surface area contributed by atoms with E-state index in [1.54, 1.807) is 0 Å². The van der Waals surface area contributed by atoms with Crippen LogP contribution in [0.25, 0.3) is 0 Å². The quantitative estimate of drug-likeness (QED) is 0.879. The van der Waals surface area contributed by atoms with E-state index in [2.05, 4.69) is 41.4 Å². The van der Waals surface area contributed by atoms with Crippen LogP contribution < -0.4 is 5.32 Å². The maximum Gasteiger partial charge on any atom is 0.224 e. The largest absolute Gasteiger partial charge is 0.353 e. The molecule has 0 aliphatic carbocycles. The highest BCUT2D eigenvalue weighted by Gasteiger charge is 2.21. The van der Waals surface area contributed by atoms with Crippen molar-refractivity contribution in [3.8, 4) is 0 Å². The van der Waals surface area contributed by atoms with Crippen molar-refractivity contribution in [1.82, 2.24) is 10.2 Å². The highest BCUT2D eigenvalue weighted by Crippen LogP contribution is 2.16. The topological polar surface area (TPSA) is 32.3 Å². The summed E-state index contributed by atoms with van der Waals surface area (Å²) in [5.41, 5.74) is 3.74. The van der Waals surface area contributed by atoms with Crippen LogP contribution in [0, 0.1) is 6.92 Å². The highest BCUT2D eigenvalue weighted by atomic mass is 35.5. The lowest BCUT2D eigenvalue weighted by Gasteiger charge is -2.32. The Kier molecular flexibility index (Phi) is 6.11. The van der Waals surface area contributed by atoms with Crippen LogP contribution in [-0.4, -0.2) is 29.9 Å². The van der Waals surface area contributed by atoms with Crippen LogP contribution in [0.1, 0.15) is 29.5 Å². The average Bonchev–Trinajstić information content (AvgIpc) is 2.61. The van der Waals surface area contributed by atoms with Crippen molar-refractivity contribution in [2.24, 2.45) is 0 Å². The van der Waals surface area contributed by atoms with E-state index in [0.29, 0.717) is 11.4 Å². The lowest BCUT2D eigenvalue weighted by Crippen LogP contribution is -2.44. The Hall–Kier alpha value is -1.84. The molecule has 3 nitrogen and oxygen atoms in total. The van der Waals surface area contributed by atoms with Crippen molar-refractivity contribution in [2.45, 2.75) is 38.8 Å². The van der Waals surface area contributed by atoms with E-state index in [9.17, 15) is 4.79 Å². The molecule has 2 aromatic carbocycles. The van der Waals surface area contributed by atoms with Gasteiger partial charge in [-0.3, -0.25) is 9.69 Å². The van der Waals surface area contributed by atoms with Gasteiger partial charge in [0.25, 0.3) is 0 Å². The first-order valence-electron chi connectivity index (χ1n) is 8.91. The molecule has 0 unspecified atom stereocenters. The zero-order valence-electron chi connectivity index (χ0n) is 14.7. The molecule has 1 N–H and O–H groups in total. The van der Waals surface area contributed by atoms with Gasteiger partial charge in [-0.2, -0.15) is 0 Å². The zero-order chi connectivity index (χ0) is 17.6. The van der Waals surface area contributed by atoms with Gasteiger partial charge in [0.05, 0.1) is 6.42 Å². The van der Waals surface area contributed by atoms with Gasteiger partial charge >= 0.3 is 0 Å².